The standard InChI is InChI=1S/C13H16ClN3O3/c1-9-7-16(5-4-12(9)15-18)8-10-6-11(14)2-3-13(10)17(19)20/h2-3,6,9,18H,4-5,7-8H2,1H3/b15-12+. The van der Waals surface area contributed by atoms with Gasteiger partial charge in [0.05, 0.1) is 10.6 Å². The molecule has 1 heterocycles. The van der Waals surface area contributed by atoms with E-state index in [1.54, 1.807) is 6.07 Å². The van der Waals surface area contributed by atoms with Crippen LogP contribution < -0.4 is 0 Å². The molecule has 0 saturated carbocycles. The van der Waals surface area contributed by atoms with Gasteiger partial charge < -0.3 is 5.21 Å². The topological polar surface area (TPSA) is 79.0 Å². The van der Waals surface area contributed by atoms with E-state index in [2.05, 4.69) is 10.1 Å². The fraction of sp³-hybridized carbons (Fsp3) is 0.462. The van der Waals surface area contributed by atoms with Gasteiger partial charge >= 0.3 is 0 Å². The van der Waals surface area contributed by atoms with Gasteiger partial charge in [-0.3, -0.25) is 15.0 Å². The van der Waals surface area contributed by atoms with Crippen molar-refractivity contribution >= 4 is 23.0 Å². The van der Waals surface area contributed by atoms with Gasteiger partial charge in [-0.1, -0.05) is 23.7 Å². The molecule has 2 rings (SSSR count). The highest BCUT2D eigenvalue weighted by Crippen LogP contribution is 2.25. The maximum absolute atomic E-state index is 11.0. The van der Waals surface area contributed by atoms with Crippen LogP contribution in [-0.4, -0.2) is 33.8 Å². The Morgan fingerprint density at radius 1 is 1.60 bits per heavy atom. The van der Waals surface area contributed by atoms with E-state index >= 15 is 0 Å². The molecule has 7 heteroatoms. The summed E-state index contributed by atoms with van der Waals surface area (Å²) in [5.74, 6) is 0.145. The second-order valence-corrected chi connectivity index (χ2v) is 5.44. The van der Waals surface area contributed by atoms with Crippen molar-refractivity contribution in [2.75, 3.05) is 13.1 Å². The summed E-state index contributed by atoms with van der Waals surface area (Å²) in [6, 6.07) is 4.60. The molecule has 1 atom stereocenters. The van der Waals surface area contributed by atoms with Crippen LogP contribution in [-0.2, 0) is 6.54 Å². The summed E-state index contributed by atoms with van der Waals surface area (Å²) in [6.07, 6.45) is 0.673. The lowest BCUT2D eigenvalue weighted by molar-refractivity contribution is -0.385. The number of likely N-dealkylation sites (tertiary alicyclic amines) is 1. The number of piperidine rings is 1. The molecule has 1 aromatic rings. The fourth-order valence-corrected chi connectivity index (χ4v) is 2.69. The van der Waals surface area contributed by atoms with Gasteiger partial charge in [-0.15, -0.1) is 0 Å². The minimum atomic E-state index is -0.389. The van der Waals surface area contributed by atoms with Crippen LogP contribution in [0.4, 0.5) is 5.69 Å². The lowest BCUT2D eigenvalue weighted by atomic mass is 9.97. The highest BCUT2D eigenvalue weighted by Gasteiger charge is 2.24. The van der Waals surface area contributed by atoms with Crippen molar-refractivity contribution in [2.24, 2.45) is 11.1 Å². The predicted octanol–water partition coefficient (Wildman–Crippen LogP) is 2.92. The molecular weight excluding hydrogens is 282 g/mol. The number of rotatable bonds is 3. The summed E-state index contributed by atoms with van der Waals surface area (Å²) in [5, 5.41) is 23.7. The predicted molar refractivity (Wildman–Crippen MR) is 76.4 cm³/mol. The number of hydrogen-bond acceptors (Lipinski definition) is 5. The molecule has 1 aromatic carbocycles. The summed E-state index contributed by atoms with van der Waals surface area (Å²) in [6.45, 7) is 3.88. The second-order valence-electron chi connectivity index (χ2n) is 5.01. The number of halogens is 1. The fourth-order valence-electron chi connectivity index (χ4n) is 2.49. The molecule has 1 fully saturated rings. The zero-order valence-electron chi connectivity index (χ0n) is 11.1. The Balaban J connectivity index is 2.15. The van der Waals surface area contributed by atoms with Crippen molar-refractivity contribution in [1.29, 1.82) is 0 Å². The van der Waals surface area contributed by atoms with Crippen LogP contribution in [0.15, 0.2) is 23.4 Å². The van der Waals surface area contributed by atoms with Gasteiger partial charge in [0.15, 0.2) is 0 Å². The van der Waals surface area contributed by atoms with Crippen LogP contribution in [0.2, 0.25) is 5.02 Å². The first-order chi connectivity index (χ1) is 9.51. The highest BCUT2D eigenvalue weighted by molar-refractivity contribution is 6.30. The first kappa shape index (κ1) is 14.7. The molecule has 0 amide bonds. The Kier molecular flexibility index (Phi) is 4.57. The van der Waals surface area contributed by atoms with Crippen molar-refractivity contribution in [1.82, 2.24) is 4.90 Å². The zero-order valence-corrected chi connectivity index (χ0v) is 11.9. The summed E-state index contributed by atoms with van der Waals surface area (Å²) < 4.78 is 0. The Morgan fingerprint density at radius 3 is 2.95 bits per heavy atom. The lowest BCUT2D eigenvalue weighted by Crippen LogP contribution is -2.39. The molecule has 108 valence electrons. The van der Waals surface area contributed by atoms with E-state index in [-0.39, 0.29) is 16.5 Å². The summed E-state index contributed by atoms with van der Waals surface area (Å²) in [7, 11) is 0. The molecule has 20 heavy (non-hydrogen) atoms. The first-order valence-corrected chi connectivity index (χ1v) is 6.75. The van der Waals surface area contributed by atoms with Crippen molar-refractivity contribution in [2.45, 2.75) is 19.9 Å². The number of hydrogen-bond donors (Lipinski definition) is 1. The van der Waals surface area contributed by atoms with Gasteiger partial charge in [0, 0.05) is 48.6 Å². The molecule has 0 bridgehead atoms. The van der Waals surface area contributed by atoms with E-state index in [1.165, 1.54) is 12.1 Å². The molecule has 1 aliphatic rings. The van der Waals surface area contributed by atoms with Crippen LogP contribution in [0.3, 0.4) is 0 Å². The molecule has 0 spiro atoms. The number of oxime groups is 1. The third kappa shape index (κ3) is 3.26. The third-order valence-corrected chi connectivity index (χ3v) is 3.78. The van der Waals surface area contributed by atoms with Crippen LogP contribution in [0.25, 0.3) is 0 Å². The average molecular weight is 298 g/mol. The van der Waals surface area contributed by atoms with Crippen LogP contribution >= 0.6 is 11.6 Å². The van der Waals surface area contributed by atoms with Gasteiger partial charge in [0.25, 0.3) is 5.69 Å². The average Bonchev–Trinajstić information content (AvgIpc) is 2.38. The smallest absolute Gasteiger partial charge is 0.273 e. The number of nitrogens with zero attached hydrogens (tertiary/aromatic N) is 3. The molecule has 0 aromatic heterocycles. The Morgan fingerprint density at radius 2 is 2.35 bits per heavy atom. The molecular formula is C13H16ClN3O3. The minimum Gasteiger partial charge on any atom is -0.411 e. The monoisotopic (exact) mass is 297 g/mol. The van der Waals surface area contributed by atoms with E-state index in [0.29, 0.717) is 36.6 Å². The molecule has 1 N–H and O–H groups in total. The zero-order chi connectivity index (χ0) is 14.7. The quantitative estimate of drug-likeness (QED) is 0.528. The number of nitro groups is 1. The van der Waals surface area contributed by atoms with Gasteiger partial charge in [0.2, 0.25) is 0 Å². The molecule has 1 unspecified atom stereocenters. The molecule has 6 nitrogen and oxygen atoms in total. The van der Waals surface area contributed by atoms with Crippen LogP contribution in [0, 0.1) is 16.0 Å². The van der Waals surface area contributed by atoms with Crippen molar-refractivity contribution < 1.29 is 10.1 Å². The van der Waals surface area contributed by atoms with Crippen molar-refractivity contribution in [3.05, 3.63) is 38.9 Å². The first-order valence-electron chi connectivity index (χ1n) is 6.37. The molecule has 0 radical (unpaired) electrons. The van der Waals surface area contributed by atoms with Crippen molar-refractivity contribution in [3.63, 3.8) is 0 Å². The number of benzene rings is 1. The van der Waals surface area contributed by atoms with Gasteiger partial charge in [-0.2, -0.15) is 0 Å². The number of nitro benzene ring substituents is 1. The summed E-state index contributed by atoms with van der Waals surface area (Å²) in [4.78, 5) is 12.7. The maximum atomic E-state index is 11.0. The van der Waals surface area contributed by atoms with Gasteiger partial charge in [0.1, 0.15) is 0 Å². The van der Waals surface area contributed by atoms with Crippen molar-refractivity contribution in [3.8, 4) is 0 Å². The largest absolute Gasteiger partial charge is 0.411 e. The van der Waals surface area contributed by atoms with Gasteiger partial charge in [-0.05, 0) is 12.1 Å². The third-order valence-electron chi connectivity index (χ3n) is 3.55. The summed E-state index contributed by atoms with van der Waals surface area (Å²) >= 11 is 5.92. The lowest BCUT2D eigenvalue weighted by Gasteiger charge is -2.31. The highest BCUT2D eigenvalue weighted by atomic mass is 35.5. The minimum absolute atomic E-state index is 0.0867. The van der Waals surface area contributed by atoms with Crippen LogP contribution in [0.1, 0.15) is 18.9 Å². The van der Waals surface area contributed by atoms with E-state index < -0.39 is 0 Å². The van der Waals surface area contributed by atoms with Crippen LogP contribution in [0.5, 0.6) is 0 Å². The summed E-state index contributed by atoms with van der Waals surface area (Å²) in [5.41, 5.74) is 1.48. The van der Waals surface area contributed by atoms with E-state index in [9.17, 15) is 10.1 Å². The van der Waals surface area contributed by atoms with E-state index in [1.807, 2.05) is 6.92 Å². The SMILES string of the molecule is CC1CN(Cc2cc(Cl)ccc2[N+](=O)[O-])CC/C1=N\O. The Hall–Kier alpha value is -1.66. The van der Waals surface area contributed by atoms with E-state index in [0.717, 1.165) is 5.71 Å². The molecule has 0 aliphatic carbocycles. The molecule has 1 aliphatic heterocycles. The van der Waals surface area contributed by atoms with Gasteiger partial charge in [-0.25, -0.2) is 0 Å². The molecule has 1 saturated heterocycles. The van der Waals surface area contributed by atoms with E-state index in [4.69, 9.17) is 16.8 Å². The second kappa shape index (κ2) is 6.19. The normalized spacial score (nSPS) is 22.1. The maximum Gasteiger partial charge on any atom is 0.273 e. The Labute approximate surface area is 121 Å². The Bertz CT molecular complexity index is 548.